The summed E-state index contributed by atoms with van der Waals surface area (Å²) in [6.45, 7) is 9.77. The molecule has 3 heteroatoms. The van der Waals surface area contributed by atoms with E-state index >= 15 is 0 Å². The van der Waals surface area contributed by atoms with Gasteiger partial charge < -0.3 is 9.47 Å². The second kappa shape index (κ2) is 6.40. The highest BCUT2D eigenvalue weighted by Crippen LogP contribution is 2.25. The third-order valence-electron chi connectivity index (χ3n) is 4.29. The van der Waals surface area contributed by atoms with Crippen LogP contribution in [0.2, 0.25) is 0 Å². The van der Waals surface area contributed by atoms with E-state index in [1.165, 1.54) is 5.56 Å². The summed E-state index contributed by atoms with van der Waals surface area (Å²) in [6.07, 6.45) is 0.203. The Kier molecular flexibility index (Phi) is 4.46. The van der Waals surface area contributed by atoms with Crippen LogP contribution in [0.1, 0.15) is 47.8 Å². The standard InChI is InChI=1S/C21H24O3/c1-14-5-6-16(11-19(14)24-13-18-12-23-18)20(22)15-7-9-17(10-8-15)21(2,3)4/h5-11,18H,12-13H2,1-4H3. The minimum absolute atomic E-state index is 0.0166. The number of carbonyl (C=O) groups is 1. The monoisotopic (exact) mass is 324 g/mol. The Bertz CT molecular complexity index is 735. The zero-order chi connectivity index (χ0) is 17.3. The first-order chi connectivity index (χ1) is 11.3. The van der Waals surface area contributed by atoms with E-state index < -0.39 is 0 Å². The molecule has 0 radical (unpaired) electrons. The first-order valence-electron chi connectivity index (χ1n) is 8.35. The Balaban J connectivity index is 1.79. The lowest BCUT2D eigenvalue weighted by Gasteiger charge is -2.19. The number of hydrogen-bond acceptors (Lipinski definition) is 3. The molecule has 2 aromatic carbocycles. The number of aryl methyl sites for hydroxylation is 1. The van der Waals surface area contributed by atoms with Gasteiger partial charge >= 0.3 is 0 Å². The zero-order valence-electron chi connectivity index (χ0n) is 14.8. The van der Waals surface area contributed by atoms with Gasteiger partial charge in [-0.1, -0.05) is 57.2 Å². The molecule has 0 aromatic heterocycles. The third-order valence-corrected chi connectivity index (χ3v) is 4.29. The summed E-state index contributed by atoms with van der Waals surface area (Å²) < 4.78 is 10.9. The lowest BCUT2D eigenvalue weighted by atomic mass is 9.86. The highest BCUT2D eigenvalue weighted by Gasteiger charge is 2.23. The molecule has 0 amide bonds. The molecule has 3 nitrogen and oxygen atoms in total. The van der Waals surface area contributed by atoms with Gasteiger partial charge in [0.1, 0.15) is 18.5 Å². The lowest BCUT2D eigenvalue weighted by molar-refractivity contribution is 0.103. The Morgan fingerprint density at radius 2 is 1.75 bits per heavy atom. The summed E-state index contributed by atoms with van der Waals surface area (Å²) in [6, 6.07) is 13.5. The molecule has 0 bridgehead atoms. The molecule has 0 saturated carbocycles. The quantitative estimate of drug-likeness (QED) is 0.608. The van der Waals surface area contributed by atoms with Crippen molar-refractivity contribution in [2.45, 2.75) is 39.2 Å². The van der Waals surface area contributed by atoms with Crippen LogP contribution >= 0.6 is 0 Å². The Morgan fingerprint density at radius 1 is 1.12 bits per heavy atom. The molecule has 1 heterocycles. The van der Waals surface area contributed by atoms with Crippen LogP contribution < -0.4 is 4.74 Å². The van der Waals surface area contributed by atoms with Crippen LogP contribution in [0.4, 0.5) is 0 Å². The summed E-state index contributed by atoms with van der Waals surface area (Å²) in [7, 11) is 0. The van der Waals surface area contributed by atoms with E-state index in [-0.39, 0.29) is 17.3 Å². The fourth-order valence-corrected chi connectivity index (χ4v) is 2.53. The first kappa shape index (κ1) is 16.7. The Labute approximate surface area is 143 Å². The van der Waals surface area contributed by atoms with Gasteiger partial charge in [-0.15, -0.1) is 0 Å². The molecule has 126 valence electrons. The topological polar surface area (TPSA) is 38.8 Å². The molecule has 24 heavy (non-hydrogen) atoms. The second-order valence-electron chi connectivity index (χ2n) is 7.40. The number of ketones is 1. The summed E-state index contributed by atoms with van der Waals surface area (Å²) in [5.74, 6) is 0.769. The molecule has 1 atom stereocenters. The van der Waals surface area contributed by atoms with E-state index in [2.05, 4.69) is 20.8 Å². The Hall–Kier alpha value is -2.13. The number of rotatable bonds is 5. The maximum Gasteiger partial charge on any atom is 0.193 e. The number of epoxide rings is 1. The third kappa shape index (κ3) is 3.85. The molecule has 1 aliphatic rings. The van der Waals surface area contributed by atoms with Gasteiger partial charge in [-0.3, -0.25) is 4.79 Å². The molecule has 0 aliphatic carbocycles. The van der Waals surface area contributed by atoms with Crippen molar-refractivity contribution in [3.05, 3.63) is 64.7 Å². The van der Waals surface area contributed by atoms with E-state index in [1.807, 2.05) is 49.4 Å². The van der Waals surface area contributed by atoms with Gasteiger partial charge in [0.05, 0.1) is 6.61 Å². The molecule has 1 saturated heterocycles. The van der Waals surface area contributed by atoms with Gasteiger partial charge in [0.15, 0.2) is 5.78 Å². The number of hydrogen-bond donors (Lipinski definition) is 0. The highest BCUT2D eigenvalue weighted by atomic mass is 16.6. The van der Waals surface area contributed by atoms with E-state index in [9.17, 15) is 4.79 Å². The maximum absolute atomic E-state index is 12.7. The van der Waals surface area contributed by atoms with Crippen LogP contribution in [0, 0.1) is 6.92 Å². The molecule has 1 unspecified atom stereocenters. The zero-order valence-corrected chi connectivity index (χ0v) is 14.8. The fourth-order valence-electron chi connectivity index (χ4n) is 2.53. The molecule has 0 N–H and O–H groups in total. The predicted molar refractivity (Wildman–Crippen MR) is 95.0 cm³/mol. The molecule has 2 aromatic rings. The van der Waals surface area contributed by atoms with Crippen LogP contribution in [0.5, 0.6) is 5.75 Å². The van der Waals surface area contributed by atoms with E-state index in [1.54, 1.807) is 0 Å². The van der Waals surface area contributed by atoms with Crippen molar-refractivity contribution in [3.8, 4) is 5.75 Å². The average molecular weight is 324 g/mol. The van der Waals surface area contributed by atoms with Gasteiger partial charge in [0.2, 0.25) is 0 Å². The predicted octanol–water partition coefficient (Wildman–Crippen LogP) is 4.30. The molecule has 3 rings (SSSR count). The summed E-state index contributed by atoms with van der Waals surface area (Å²) in [5.41, 5.74) is 3.67. The van der Waals surface area contributed by atoms with Crippen molar-refractivity contribution in [1.29, 1.82) is 0 Å². The average Bonchev–Trinajstić information content (AvgIpc) is 3.37. The van der Waals surface area contributed by atoms with Crippen molar-refractivity contribution in [2.24, 2.45) is 0 Å². The SMILES string of the molecule is Cc1ccc(C(=O)c2ccc(C(C)(C)C)cc2)cc1OCC1CO1. The van der Waals surface area contributed by atoms with Crippen molar-refractivity contribution in [3.63, 3.8) is 0 Å². The van der Waals surface area contributed by atoms with Crippen molar-refractivity contribution in [2.75, 3.05) is 13.2 Å². The van der Waals surface area contributed by atoms with Crippen LogP contribution in [-0.4, -0.2) is 25.1 Å². The molecular formula is C21H24O3. The van der Waals surface area contributed by atoms with Gasteiger partial charge in [-0.25, -0.2) is 0 Å². The van der Waals surface area contributed by atoms with Crippen molar-refractivity contribution in [1.82, 2.24) is 0 Å². The summed E-state index contributed by atoms with van der Waals surface area (Å²) >= 11 is 0. The summed E-state index contributed by atoms with van der Waals surface area (Å²) in [5, 5.41) is 0. The lowest BCUT2D eigenvalue weighted by Crippen LogP contribution is -2.11. The van der Waals surface area contributed by atoms with Gasteiger partial charge in [0.25, 0.3) is 0 Å². The smallest absolute Gasteiger partial charge is 0.193 e. The highest BCUT2D eigenvalue weighted by molar-refractivity contribution is 6.09. The number of carbonyl (C=O) groups excluding carboxylic acids is 1. The van der Waals surface area contributed by atoms with Gasteiger partial charge in [-0.2, -0.15) is 0 Å². The van der Waals surface area contributed by atoms with E-state index in [0.717, 1.165) is 17.9 Å². The van der Waals surface area contributed by atoms with E-state index in [0.29, 0.717) is 17.7 Å². The number of ether oxygens (including phenoxy) is 2. The van der Waals surface area contributed by atoms with E-state index in [4.69, 9.17) is 9.47 Å². The van der Waals surface area contributed by atoms with Gasteiger partial charge in [0, 0.05) is 11.1 Å². The molecule has 1 aliphatic heterocycles. The molecular weight excluding hydrogens is 300 g/mol. The van der Waals surface area contributed by atoms with Crippen LogP contribution in [-0.2, 0) is 10.2 Å². The van der Waals surface area contributed by atoms with Crippen LogP contribution in [0.15, 0.2) is 42.5 Å². The largest absolute Gasteiger partial charge is 0.490 e. The van der Waals surface area contributed by atoms with Crippen LogP contribution in [0.25, 0.3) is 0 Å². The fraction of sp³-hybridized carbons (Fsp3) is 0.381. The van der Waals surface area contributed by atoms with Crippen molar-refractivity contribution < 1.29 is 14.3 Å². The number of benzene rings is 2. The maximum atomic E-state index is 12.7. The summed E-state index contributed by atoms with van der Waals surface area (Å²) in [4.78, 5) is 12.7. The molecule has 0 spiro atoms. The van der Waals surface area contributed by atoms with Crippen molar-refractivity contribution >= 4 is 5.78 Å². The molecule has 1 fully saturated rings. The van der Waals surface area contributed by atoms with Crippen LogP contribution in [0.3, 0.4) is 0 Å². The minimum atomic E-state index is 0.0166. The second-order valence-corrected chi connectivity index (χ2v) is 7.40. The first-order valence-corrected chi connectivity index (χ1v) is 8.35. The van der Waals surface area contributed by atoms with Gasteiger partial charge in [-0.05, 0) is 29.5 Å². The Morgan fingerprint density at radius 3 is 2.33 bits per heavy atom. The normalized spacial score (nSPS) is 16.8. The minimum Gasteiger partial charge on any atom is -0.490 e.